The number of amides is 1. The summed E-state index contributed by atoms with van der Waals surface area (Å²) in [5.74, 6) is 0.492. The highest BCUT2D eigenvalue weighted by Gasteiger charge is 2.30. The van der Waals surface area contributed by atoms with Gasteiger partial charge in [-0.05, 0) is 17.7 Å². The Hall–Kier alpha value is -1.81. The second-order valence-electron chi connectivity index (χ2n) is 7.61. The summed E-state index contributed by atoms with van der Waals surface area (Å²) in [6.45, 7) is 2.56. The minimum Gasteiger partial charge on any atom is -0.481 e. The van der Waals surface area contributed by atoms with Crippen LogP contribution in [-0.4, -0.2) is 108 Å². The number of fused-ring (bicyclic) bond motifs is 1. The number of carboxylic acid groups (broad SMARTS) is 1. The lowest BCUT2D eigenvalue weighted by atomic mass is 10.2. The third kappa shape index (κ3) is 11.6. The summed E-state index contributed by atoms with van der Waals surface area (Å²) in [7, 11) is -0.614. The summed E-state index contributed by atoms with van der Waals surface area (Å²) in [6.07, 6.45) is 0.991. The molecule has 1 amide bonds. The van der Waals surface area contributed by atoms with Crippen molar-refractivity contribution in [2.75, 3.05) is 77.4 Å². The van der Waals surface area contributed by atoms with Crippen molar-refractivity contribution in [3.8, 4) is 0 Å². The van der Waals surface area contributed by atoms with Crippen LogP contribution in [0.4, 0.5) is 4.79 Å². The van der Waals surface area contributed by atoms with E-state index in [1.807, 2.05) is 0 Å². The number of rotatable bonds is 20. The number of nitrogens with zero attached hydrogens (tertiary/aromatic N) is 1. The van der Waals surface area contributed by atoms with E-state index in [1.54, 1.807) is 29.0 Å². The van der Waals surface area contributed by atoms with Crippen LogP contribution in [0, 0.1) is 0 Å². The Kier molecular flexibility index (Phi) is 15.0. The second-order valence-corrected chi connectivity index (χ2v) is 12.3. The van der Waals surface area contributed by atoms with E-state index in [9.17, 15) is 18.0 Å². The molecule has 1 heterocycles. The van der Waals surface area contributed by atoms with E-state index in [4.69, 9.17) is 29.8 Å². The lowest BCUT2D eigenvalue weighted by Crippen LogP contribution is -2.38. The van der Waals surface area contributed by atoms with Crippen molar-refractivity contribution in [1.29, 1.82) is 0 Å². The van der Waals surface area contributed by atoms with E-state index in [2.05, 4.69) is 0 Å². The Morgan fingerprint density at radius 1 is 0.919 bits per heavy atom. The van der Waals surface area contributed by atoms with E-state index < -0.39 is 21.9 Å². The number of carbonyl (C=O) groups excluding carboxylic acids is 1. The van der Waals surface area contributed by atoms with Gasteiger partial charge < -0.3 is 34.7 Å². The predicted octanol–water partition coefficient (Wildman–Crippen LogP) is 2.12. The Labute approximate surface area is 225 Å². The summed E-state index contributed by atoms with van der Waals surface area (Å²) in [4.78, 5) is 24.8. The number of benzene rings is 1. The fourth-order valence-electron chi connectivity index (χ4n) is 3.07. The summed E-state index contributed by atoms with van der Waals surface area (Å²) >= 11 is 0. The fourth-order valence-corrected chi connectivity index (χ4v) is 6.39. The number of aliphatic carboxylic acids is 1. The van der Waals surface area contributed by atoms with Crippen molar-refractivity contribution >= 4 is 49.6 Å². The quantitative estimate of drug-likeness (QED) is 0.172. The van der Waals surface area contributed by atoms with Gasteiger partial charge >= 0.3 is 12.1 Å². The summed E-state index contributed by atoms with van der Waals surface area (Å²) < 4.78 is 47.0. The fraction of sp³-hybridized carbons (Fsp3) is 0.565. The maximum absolute atomic E-state index is 12.7. The molecule has 0 unspecified atom stereocenters. The van der Waals surface area contributed by atoms with Crippen molar-refractivity contribution in [2.24, 2.45) is 5.73 Å². The molecule has 0 saturated heterocycles. The van der Waals surface area contributed by atoms with Crippen molar-refractivity contribution in [1.82, 2.24) is 4.90 Å². The van der Waals surface area contributed by atoms with Crippen LogP contribution in [-0.2, 0) is 33.6 Å². The monoisotopic (exact) mass is 578 g/mol. The van der Waals surface area contributed by atoms with Gasteiger partial charge in [-0.15, -0.1) is 0 Å². The van der Waals surface area contributed by atoms with Gasteiger partial charge in [0, 0.05) is 31.1 Å². The van der Waals surface area contributed by atoms with Gasteiger partial charge in [0.25, 0.3) is 0 Å². The molecular weight excluding hydrogens is 544 g/mol. The first-order chi connectivity index (χ1) is 17.9. The molecule has 0 fully saturated rings. The third-order valence-electron chi connectivity index (χ3n) is 4.91. The first-order valence-corrected chi connectivity index (χ1v) is 15.7. The lowest BCUT2D eigenvalue weighted by Gasteiger charge is -2.22. The van der Waals surface area contributed by atoms with Crippen molar-refractivity contribution < 1.29 is 42.1 Å². The highest BCUT2D eigenvalue weighted by molar-refractivity contribution is 8.76. The second kappa shape index (κ2) is 17.7. The molecule has 14 heteroatoms. The molecule has 0 aliphatic carbocycles. The van der Waals surface area contributed by atoms with Crippen LogP contribution < -0.4 is 5.73 Å². The van der Waals surface area contributed by atoms with Gasteiger partial charge in [0.1, 0.15) is 6.61 Å². The number of carboxylic acids is 1. The smallest absolute Gasteiger partial charge is 0.410 e. The van der Waals surface area contributed by atoms with Gasteiger partial charge in [0.05, 0.1) is 55.9 Å². The van der Waals surface area contributed by atoms with Crippen LogP contribution in [0.25, 0.3) is 6.08 Å². The van der Waals surface area contributed by atoms with Gasteiger partial charge in [-0.2, -0.15) is 0 Å². The molecule has 0 aromatic heterocycles. The topological polar surface area (TPSA) is 155 Å². The highest BCUT2D eigenvalue weighted by atomic mass is 33.1. The number of carbonyl (C=O) groups is 2. The Morgan fingerprint density at radius 3 is 2.24 bits per heavy atom. The standard InChI is InChI=1S/C23H34N2O9S3/c24-6-9-31-10-7-25(8-11-32-12-13-33-14-16-36-35-15-5-22(26)27)23(28)34-18-20-17-19-3-1-2-4-21(19)37(20,29)30/h1-4,17H,5-16,18,24H2,(H,26,27). The minimum atomic E-state index is -3.67. The van der Waals surface area contributed by atoms with Crippen molar-refractivity contribution in [2.45, 2.75) is 11.3 Å². The number of hydrogen-bond donors (Lipinski definition) is 2. The highest BCUT2D eigenvalue weighted by Crippen LogP contribution is 2.32. The molecule has 0 bridgehead atoms. The SMILES string of the molecule is NCCOCCN(CCOCCOCCSSCCC(=O)O)C(=O)OCC1=Cc2ccccc2S1(=O)=O. The van der Waals surface area contributed by atoms with E-state index in [1.165, 1.54) is 27.8 Å². The predicted molar refractivity (Wildman–Crippen MR) is 143 cm³/mol. The van der Waals surface area contributed by atoms with Crippen LogP contribution >= 0.6 is 21.6 Å². The van der Waals surface area contributed by atoms with E-state index >= 15 is 0 Å². The molecule has 208 valence electrons. The first kappa shape index (κ1) is 31.4. The zero-order chi connectivity index (χ0) is 26.9. The Morgan fingerprint density at radius 2 is 1.57 bits per heavy atom. The number of sulfone groups is 1. The van der Waals surface area contributed by atoms with Crippen LogP contribution in [0.3, 0.4) is 0 Å². The summed E-state index contributed by atoms with van der Waals surface area (Å²) in [5, 5.41) is 8.58. The maximum Gasteiger partial charge on any atom is 0.410 e. The van der Waals surface area contributed by atoms with Gasteiger partial charge in [0.2, 0.25) is 9.84 Å². The van der Waals surface area contributed by atoms with Crippen LogP contribution in [0.1, 0.15) is 12.0 Å². The molecule has 1 aromatic carbocycles. The normalized spacial score (nSPS) is 13.7. The molecule has 0 atom stereocenters. The van der Waals surface area contributed by atoms with E-state index in [0.29, 0.717) is 44.3 Å². The Balaban J connectivity index is 1.68. The van der Waals surface area contributed by atoms with Crippen molar-refractivity contribution in [3.63, 3.8) is 0 Å². The molecule has 1 aromatic rings. The average Bonchev–Trinajstić information content (AvgIpc) is 3.13. The zero-order valence-corrected chi connectivity index (χ0v) is 23.0. The lowest BCUT2D eigenvalue weighted by molar-refractivity contribution is -0.136. The Bertz CT molecular complexity index is 989. The largest absolute Gasteiger partial charge is 0.481 e. The van der Waals surface area contributed by atoms with E-state index in [0.717, 1.165) is 5.75 Å². The summed E-state index contributed by atoms with van der Waals surface area (Å²) in [6, 6.07) is 6.62. The number of hydrogen-bond acceptors (Lipinski definition) is 11. The van der Waals surface area contributed by atoms with Crippen LogP contribution in [0.2, 0.25) is 0 Å². The van der Waals surface area contributed by atoms with E-state index in [-0.39, 0.29) is 49.1 Å². The molecule has 1 aliphatic heterocycles. The molecule has 11 nitrogen and oxygen atoms in total. The summed E-state index contributed by atoms with van der Waals surface area (Å²) in [5.41, 5.74) is 6.00. The molecule has 0 radical (unpaired) electrons. The van der Waals surface area contributed by atoms with Crippen LogP contribution in [0.15, 0.2) is 34.1 Å². The van der Waals surface area contributed by atoms with Gasteiger partial charge in [0.15, 0.2) is 0 Å². The third-order valence-corrected chi connectivity index (χ3v) is 9.15. The molecule has 0 saturated carbocycles. The molecule has 2 rings (SSSR count). The maximum atomic E-state index is 12.7. The molecular formula is C23H34N2O9S3. The van der Waals surface area contributed by atoms with Gasteiger partial charge in [-0.25, -0.2) is 13.2 Å². The molecule has 3 N–H and O–H groups in total. The molecule has 0 spiro atoms. The molecule has 1 aliphatic rings. The zero-order valence-electron chi connectivity index (χ0n) is 20.5. The number of ether oxygens (including phenoxy) is 4. The van der Waals surface area contributed by atoms with Crippen molar-refractivity contribution in [3.05, 3.63) is 34.7 Å². The molecule has 37 heavy (non-hydrogen) atoms. The van der Waals surface area contributed by atoms with Crippen LogP contribution in [0.5, 0.6) is 0 Å². The number of nitrogens with two attached hydrogens (primary N) is 1. The average molecular weight is 579 g/mol. The first-order valence-electron chi connectivity index (χ1n) is 11.7. The van der Waals surface area contributed by atoms with Gasteiger partial charge in [-0.1, -0.05) is 39.8 Å². The minimum absolute atomic E-state index is 0.0354. The van der Waals surface area contributed by atoms with Gasteiger partial charge in [-0.3, -0.25) is 4.79 Å².